The van der Waals surface area contributed by atoms with Gasteiger partial charge in [0.2, 0.25) is 0 Å². The molecule has 0 aromatic rings. The Labute approximate surface area is 334 Å². The third-order valence-electron chi connectivity index (χ3n) is 10.2. The number of hydrogen-bond acceptors (Lipinski definition) is 6. The van der Waals surface area contributed by atoms with Crippen LogP contribution in [0.3, 0.4) is 0 Å². The van der Waals surface area contributed by atoms with E-state index in [1.54, 1.807) is 0 Å². The number of hydrogen-bond donors (Lipinski definition) is 0. The zero-order valence-electron chi connectivity index (χ0n) is 36.0. The molecule has 0 rings (SSSR count). The van der Waals surface area contributed by atoms with Gasteiger partial charge in [0.1, 0.15) is 13.2 Å². The average Bonchev–Trinajstić information content (AvgIpc) is 3.17. The van der Waals surface area contributed by atoms with Crippen molar-refractivity contribution in [3.63, 3.8) is 0 Å². The molecular weight excluding hydrogens is 673 g/mol. The Kier molecular flexibility index (Phi) is 41.9. The molecule has 0 saturated heterocycles. The molecule has 0 saturated carbocycles. The number of esters is 3. The van der Waals surface area contributed by atoms with Gasteiger partial charge in [0.15, 0.2) is 6.10 Å². The van der Waals surface area contributed by atoms with E-state index >= 15 is 0 Å². The van der Waals surface area contributed by atoms with E-state index in [2.05, 4.69) is 45.1 Å². The van der Waals surface area contributed by atoms with E-state index < -0.39 is 6.10 Å². The van der Waals surface area contributed by atoms with Crippen LogP contribution in [0.25, 0.3) is 0 Å². The minimum atomic E-state index is -0.772. The second kappa shape index (κ2) is 43.6. The van der Waals surface area contributed by atoms with Gasteiger partial charge in [-0.1, -0.05) is 186 Å². The summed E-state index contributed by atoms with van der Waals surface area (Å²) >= 11 is 0. The van der Waals surface area contributed by atoms with Gasteiger partial charge in [-0.2, -0.15) is 0 Å². The molecule has 0 N–H and O–H groups in total. The Hall–Kier alpha value is -2.11. The fraction of sp³-hybridized carbons (Fsp3) is 0.854. The van der Waals surface area contributed by atoms with E-state index in [1.165, 1.54) is 128 Å². The molecule has 6 nitrogen and oxygen atoms in total. The van der Waals surface area contributed by atoms with Crippen molar-refractivity contribution in [1.82, 2.24) is 0 Å². The molecule has 54 heavy (non-hydrogen) atoms. The van der Waals surface area contributed by atoms with Gasteiger partial charge in [0.25, 0.3) is 0 Å². The Morgan fingerprint density at radius 2 is 0.630 bits per heavy atom. The maximum Gasteiger partial charge on any atom is 0.306 e. The van der Waals surface area contributed by atoms with Crippen LogP contribution in [0.5, 0.6) is 0 Å². The van der Waals surface area contributed by atoms with E-state index in [0.717, 1.165) is 77.0 Å². The van der Waals surface area contributed by atoms with E-state index in [9.17, 15) is 14.4 Å². The van der Waals surface area contributed by atoms with Gasteiger partial charge in [-0.05, 0) is 64.2 Å². The second-order valence-corrected chi connectivity index (χ2v) is 15.7. The lowest BCUT2D eigenvalue weighted by molar-refractivity contribution is -0.167. The van der Waals surface area contributed by atoms with Gasteiger partial charge in [-0.3, -0.25) is 14.4 Å². The van der Waals surface area contributed by atoms with Crippen molar-refractivity contribution in [3.05, 3.63) is 24.3 Å². The first-order valence-electron chi connectivity index (χ1n) is 23.3. The SMILES string of the molecule is CCCC/C=C\CCCCCCCC(=O)OC(COC(=O)CCCCCCC/C=C\CCCCCCC)COC(=O)CCCCCCCCCCCCC. The first-order valence-corrected chi connectivity index (χ1v) is 23.3. The Morgan fingerprint density at radius 3 is 0.981 bits per heavy atom. The summed E-state index contributed by atoms with van der Waals surface area (Å²) in [5, 5.41) is 0. The molecule has 0 bridgehead atoms. The normalized spacial score (nSPS) is 12.1. The lowest BCUT2D eigenvalue weighted by Crippen LogP contribution is -2.30. The minimum Gasteiger partial charge on any atom is -0.462 e. The molecule has 0 aliphatic rings. The number of carbonyl (C=O) groups excluding carboxylic acids is 3. The predicted octanol–water partition coefficient (Wildman–Crippen LogP) is 14.8. The first-order chi connectivity index (χ1) is 26.5. The number of carbonyl (C=O) groups is 3. The summed E-state index contributed by atoms with van der Waals surface area (Å²) in [4.78, 5) is 37.7. The molecular formula is C48H88O6. The van der Waals surface area contributed by atoms with E-state index in [0.29, 0.717) is 19.3 Å². The summed E-state index contributed by atoms with van der Waals surface area (Å²) in [5.74, 6) is -0.889. The average molecular weight is 761 g/mol. The quantitative estimate of drug-likeness (QED) is 0.0267. The second-order valence-electron chi connectivity index (χ2n) is 15.7. The van der Waals surface area contributed by atoms with Crippen molar-refractivity contribution in [1.29, 1.82) is 0 Å². The zero-order chi connectivity index (χ0) is 39.4. The summed E-state index contributed by atoms with van der Waals surface area (Å²) in [6.45, 7) is 6.57. The fourth-order valence-corrected chi connectivity index (χ4v) is 6.59. The highest BCUT2D eigenvalue weighted by atomic mass is 16.6. The van der Waals surface area contributed by atoms with Crippen LogP contribution < -0.4 is 0 Å². The molecule has 0 radical (unpaired) electrons. The standard InChI is InChI=1S/C48H88O6/c1-4-7-10-13-16-19-22-23-24-27-29-32-35-38-41-47(50)53-44-45(54-48(51)42-39-36-33-30-26-21-18-15-12-9-6-3)43-52-46(49)40-37-34-31-28-25-20-17-14-11-8-5-2/h15,18,22-23,45H,4-14,16-17,19-21,24-44H2,1-3H3/b18-15-,23-22-. The summed E-state index contributed by atoms with van der Waals surface area (Å²) in [6.07, 6.45) is 47.2. The van der Waals surface area contributed by atoms with Crippen LogP contribution in [0.1, 0.15) is 245 Å². The largest absolute Gasteiger partial charge is 0.462 e. The summed E-state index contributed by atoms with van der Waals surface area (Å²) in [6, 6.07) is 0. The minimum absolute atomic E-state index is 0.0744. The molecule has 316 valence electrons. The molecule has 0 heterocycles. The fourth-order valence-electron chi connectivity index (χ4n) is 6.59. The van der Waals surface area contributed by atoms with Crippen molar-refractivity contribution < 1.29 is 28.6 Å². The van der Waals surface area contributed by atoms with Gasteiger partial charge in [-0.15, -0.1) is 0 Å². The van der Waals surface area contributed by atoms with Crippen LogP contribution in [0.2, 0.25) is 0 Å². The molecule has 0 aliphatic carbocycles. The van der Waals surface area contributed by atoms with Gasteiger partial charge in [-0.25, -0.2) is 0 Å². The molecule has 0 spiro atoms. The molecule has 0 aromatic heterocycles. The zero-order valence-corrected chi connectivity index (χ0v) is 36.0. The maximum absolute atomic E-state index is 12.7. The Balaban J connectivity index is 4.36. The lowest BCUT2D eigenvalue weighted by atomic mass is 10.1. The van der Waals surface area contributed by atoms with Crippen molar-refractivity contribution >= 4 is 17.9 Å². The smallest absolute Gasteiger partial charge is 0.306 e. The summed E-state index contributed by atoms with van der Waals surface area (Å²) in [5.41, 5.74) is 0. The Morgan fingerprint density at radius 1 is 0.352 bits per heavy atom. The van der Waals surface area contributed by atoms with Crippen molar-refractivity contribution in [2.45, 2.75) is 252 Å². The van der Waals surface area contributed by atoms with Crippen LogP contribution in [-0.2, 0) is 28.6 Å². The molecule has 6 heteroatoms. The molecule has 0 fully saturated rings. The van der Waals surface area contributed by atoms with Crippen LogP contribution in [-0.4, -0.2) is 37.2 Å². The molecule has 0 amide bonds. The third kappa shape index (κ3) is 41.1. The number of ether oxygens (including phenoxy) is 3. The van der Waals surface area contributed by atoms with E-state index in [1.807, 2.05) is 0 Å². The van der Waals surface area contributed by atoms with E-state index in [-0.39, 0.29) is 31.1 Å². The Bertz CT molecular complexity index is 880. The predicted molar refractivity (Wildman–Crippen MR) is 229 cm³/mol. The van der Waals surface area contributed by atoms with Crippen LogP contribution in [0.4, 0.5) is 0 Å². The highest BCUT2D eigenvalue weighted by molar-refractivity contribution is 5.71. The van der Waals surface area contributed by atoms with Gasteiger partial charge in [0.05, 0.1) is 0 Å². The monoisotopic (exact) mass is 761 g/mol. The van der Waals surface area contributed by atoms with Crippen molar-refractivity contribution in [2.24, 2.45) is 0 Å². The van der Waals surface area contributed by atoms with Gasteiger partial charge < -0.3 is 14.2 Å². The number of allylic oxidation sites excluding steroid dienone is 4. The van der Waals surface area contributed by atoms with Crippen molar-refractivity contribution in [3.8, 4) is 0 Å². The molecule has 0 aromatic carbocycles. The molecule has 0 aliphatic heterocycles. The van der Waals surface area contributed by atoms with E-state index in [4.69, 9.17) is 14.2 Å². The number of rotatable bonds is 42. The van der Waals surface area contributed by atoms with Crippen LogP contribution >= 0.6 is 0 Å². The molecule has 1 unspecified atom stereocenters. The summed E-state index contributed by atoms with van der Waals surface area (Å²) in [7, 11) is 0. The van der Waals surface area contributed by atoms with Crippen LogP contribution in [0, 0.1) is 0 Å². The van der Waals surface area contributed by atoms with Gasteiger partial charge in [0, 0.05) is 19.3 Å². The topological polar surface area (TPSA) is 78.9 Å². The van der Waals surface area contributed by atoms with Crippen LogP contribution in [0.15, 0.2) is 24.3 Å². The summed E-state index contributed by atoms with van der Waals surface area (Å²) < 4.78 is 16.7. The third-order valence-corrected chi connectivity index (χ3v) is 10.2. The highest BCUT2D eigenvalue weighted by Crippen LogP contribution is 2.14. The van der Waals surface area contributed by atoms with Crippen molar-refractivity contribution in [2.75, 3.05) is 13.2 Å². The number of unbranched alkanes of at least 4 members (excludes halogenated alkanes) is 27. The lowest BCUT2D eigenvalue weighted by Gasteiger charge is -2.18. The first kappa shape index (κ1) is 51.9. The molecule has 1 atom stereocenters. The highest BCUT2D eigenvalue weighted by Gasteiger charge is 2.19. The maximum atomic E-state index is 12.7. The van der Waals surface area contributed by atoms with Gasteiger partial charge >= 0.3 is 17.9 Å².